The molecule has 21 heavy (non-hydrogen) atoms. The van der Waals surface area contributed by atoms with Crippen LogP contribution in [-0.4, -0.2) is 13.3 Å². The van der Waals surface area contributed by atoms with Crippen molar-refractivity contribution in [1.29, 1.82) is 0 Å². The first-order valence-corrected chi connectivity index (χ1v) is 7.32. The Kier molecular flexibility index (Phi) is 3.90. The maximum atomic E-state index is 13.6. The van der Waals surface area contributed by atoms with Gasteiger partial charge in [-0.2, -0.15) is 0 Å². The molecule has 2 aromatic rings. The summed E-state index contributed by atoms with van der Waals surface area (Å²) < 4.78 is 40.0. The topological polar surface area (TPSA) is 89.3 Å². The van der Waals surface area contributed by atoms with Gasteiger partial charge in [-0.3, -0.25) is 14.8 Å². The third-order valence-electron chi connectivity index (χ3n) is 2.87. The van der Waals surface area contributed by atoms with E-state index in [0.717, 1.165) is 12.1 Å². The highest BCUT2D eigenvalue weighted by atomic mass is 32.2. The molecule has 0 atom stereocenters. The molecule has 0 aliphatic carbocycles. The predicted octanol–water partition coefficient (Wildman–Crippen LogP) is 2.84. The van der Waals surface area contributed by atoms with E-state index in [9.17, 15) is 22.9 Å². The molecule has 0 saturated heterocycles. The van der Waals surface area contributed by atoms with Crippen LogP contribution in [0.15, 0.2) is 47.4 Å². The van der Waals surface area contributed by atoms with Crippen LogP contribution in [0.1, 0.15) is 5.56 Å². The largest absolute Gasteiger partial charge is 0.279 e. The van der Waals surface area contributed by atoms with Gasteiger partial charge in [0.2, 0.25) is 0 Å². The monoisotopic (exact) mass is 310 g/mol. The second kappa shape index (κ2) is 5.49. The number of sulfonamides is 1. The van der Waals surface area contributed by atoms with Crippen LogP contribution in [0.3, 0.4) is 0 Å². The molecule has 0 fully saturated rings. The number of anilines is 1. The number of nitro benzene ring substituents is 1. The summed E-state index contributed by atoms with van der Waals surface area (Å²) in [6, 6.07) is 8.88. The molecule has 110 valence electrons. The van der Waals surface area contributed by atoms with Crippen molar-refractivity contribution in [3.05, 3.63) is 64.0 Å². The maximum absolute atomic E-state index is 13.6. The maximum Gasteiger partial charge on any atom is 0.274 e. The molecule has 2 rings (SSSR count). The average molecular weight is 310 g/mol. The number of rotatable bonds is 4. The van der Waals surface area contributed by atoms with Crippen molar-refractivity contribution in [2.45, 2.75) is 11.8 Å². The van der Waals surface area contributed by atoms with Crippen LogP contribution in [0.4, 0.5) is 15.8 Å². The van der Waals surface area contributed by atoms with Gasteiger partial charge in [0.25, 0.3) is 15.7 Å². The van der Waals surface area contributed by atoms with Gasteiger partial charge < -0.3 is 0 Å². The van der Waals surface area contributed by atoms with Crippen molar-refractivity contribution in [2.75, 3.05) is 4.72 Å². The summed E-state index contributed by atoms with van der Waals surface area (Å²) in [6.07, 6.45) is 0. The van der Waals surface area contributed by atoms with E-state index in [2.05, 4.69) is 4.72 Å². The number of hydrogen-bond acceptors (Lipinski definition) is 4. The number of nitro groups is 1. The highest BCUT2D eigenvalue weighted by Gasteiger charge is 2.21. The molecule has 0 spiro atoms. The molecule has 0 heterocycles. The normalized spacial score (nSPS) is 11.1. The molecule has 0 unspecified atom stereocenters. The van der Waals surface area contributed by atoms with Crippen molar-refractivity contribution in [1.82, 2.24) is 0 Å². The Labute approximate surface area is 120 Å². The molecule has 1 N–H and O–H groups in total. The molecule has 0 amide bonds. The highest BCUT2D eigenvalue weighted by Crippen LogP contribution is 2.27. The van der Waals surface area contributed by atoms with E-state index in [1.807, 2.05) is 0 Å². The summed E-state index contributed by atoms with van der Waals surface area (Å²) in [4.78, 5) is 9.70. The molecule has 0 radical (unpaired) electrons. The zero-order valence-electron chi connectivity index (χ0n) is 10.9. The fourth-order valence-corrected chi connectivity index (χ4v) is 3.00. The van der Waals surface area contributed by atoms with E-state index in [1.165, 1.54) is 37.3 Å². The number of nitrogens with one attached hydrogen (secondary N) is 1. The Morgan fingerprint density at radius 3 is 2.43 bits per heavy atom. The quantitative estimate of drug-likeness (QED) is 0.694. The lowest BCUT2D eigenvalue weighted by Crippen LogP contribution is -2.15. The minimum Gasteiger partial charge on any atom is -0.279 e. The molecule has 0 saturated carbocycles. The molecule has 6 nitrogen and oxygen atoms in total. The molecule has 0 aliphatic rings. The van der Waals surface area contributed by atoms with Gasteiger partial charge in [-0.25, -0.2) is 12.8 Å². The second-order valence-electron chi connectivity index (χ2n) is 4.24. The molecule has 0 aromatic heterocycles. The van der Waals surface area contributed by atoms with Crippen molar-refractivity contribution >= 4 is 21.4 Å². The summed E-state index contributed by atoms with van der Waals surface area (Å²) in [6.45, 7) is 1.41. The first kappa shape index (κ1) is 14.9. The summed E-state index contributed by atoms with van der Waals surface area (Å²) in [5.41, 5.74) is -0.0291. The minimum atomic E-state index is -4.16. The predicted molar refractivity (Wildman–Crippen MR) is 75.0 cm³/mol. The standard InChI is InChI=1S/C13H11FN2O4S/c1-9-11(6-4-7-12(9)16(17)18)15-21(19,20)13-8-3-2-5-10(13)14/h2-8,15H,1H3. The number of benzene rings is 2. The number of hydrogen-bond donors (Lipinski definition) is 1. The zero-order chi connectivity index (χ0) is 15.6. The minimum absolute atomic E-state index is 0.0347. The molecule has 8 heteroatoms. The van der Waals surface area contributed by atoms with E-state index in [-0.39, 0.29) is 16.9 Å². The lowest BCUT2D eigenvalue weighted by molar-refractivity contribution is -0.385. The van der Waals surface area contributed by atoms with Gasteiger partial charge in [-0.15, -0.1) is 0 Å². The SMILES string of the molecule is Cc1c(NS(=O)(=O)c2ccccc2F)cccc1[N+](=O)[O-]. The Morgan fingerprint density at radius 2 is 1.81 bits per heavy atom. The molecule has 0 bridgehead atoms. The first-order valence-electron chi connectivity index (χ1n) is 5.84. The summed E-state index contributed by atoms with van der Waals surface area (Å²) in [7, 11) is -4.16. The van der Waals surface area contributed by atoms with E-state index in [4.69, 9.17) is 0 Å². The summed E-state index contributed by atoms with van der Waals surface area (Å²) in [5.74, 6) is -0.895. The van der Waals surface area contributed by atoms with Gasteiger partial charge in [-0.1, -0.05) is 18.2 Å². The fourth-order valence-electron chi connectivity index (χ4n) is 1.79. The average Bonchev–Trinajstić information content (AvgIpc) is 2.41. The molecular formula is C13H11FN2O4S. The Bertz CT molecular complexity index is 806. The van der Waals surface area contributed by atoms with Crippen molar-refractivity contribution < 1.29 is 17.7 Å². The van der Waals surface area contributed by atoms with E-state index in [0.29, 0.717) is 0 Å². The van der Waals surface area contributed by atoms with Gasteiger partial charge >= 0.3 is 0 Å². The summed E-state index contributed by atoms with van der Waals surface area (Å²) >= 11 is 0. The van der Waals surface area contributed by atoms with Crippen LogP contribution in [0.25, 0.3) is 0 Å². The lowest BCUT2D eigenvalue weighted by atomic mass is 10.2. The zero-order valence-corrected chi connectivity index (χ0v) is 11.7. The molecule has 0 aliphatic heterocycles. The van der Waals surface area contributed by atoms with Crippen LogP contribution < -0.4 is 4.72 Å². The Balaban J connectivity index is 2.45. The van der Waals surface area contributed by atoms with Crippen LogP contribution in [0.2, 0.25) is 0 Å². The van der Waals surface area contributed by atoms with E-state index >= 15 is 0 Å². The van der Waals surface area contributed by atoms with Crippen LogP contribution >= 0.6 is 0 Å². The third-order valence-corrected chi connectivity index (χ3v) is 4.27. The number of halogens is 1. The number of nitrogens with zero attached hydrogens (tertiary/aromatic N) is 1. The highest BCUT2D eigenvalue weighted by molar-refractivity contribution is 7.92. The van der Waals surface area contributed by atoms with Crippen LogP contribution in [0.5, 0.6) is 0 Å². The van der Waals surface area contributed by atoms with Gasteiger partial charge in [0.05, 0.1) is 16.2 Å². The second-order valence-corrected chi connectivity index (χ2v) is 5.89. The van der Waals surface area contributed by atoms with Gasteiger partial charge in [-0.05, 0) is 25.1 Å². The van der Waals surface area contributed by atoms with Crippen LogP contribution in [-0.2, 0) is 10.0 Å². The van der Waals surface area contributed by atoms with Gasteiger partial charge in [0, 0.05) is 6.07 Å². The summed E-state index contributed by atoms with van der Waals surface area (Å²) in [5, 5.41) is 10.8. The van der Waals surface area contributed by atoms with Gasteiger partial charge in [0.15, 0.2) is 0 Å². The van der Waals surface area contributed by atoms with Crippen LogP contribution in [0, 0.1) is 22.9 Å². The molecular weight excluding hydrogens is 299 g/mol. The third kappa shape index (κ3) is 3.00. The molecule has 2 aromatic carbocycles. The van der Waals surface area contributed by atoms with E-state index < -0.39 is 25.7 Å². The Hall–Kier alpha value is -2.48. The Morgan fingerprint density at radius 1 is 1.14 bits per heavy atom. The first-order chi connectivity index (χ1) is 9.83. The van der Waals surface area contributed by atoms with E-state index in [1.54, 1.807) is 0 Å². The van der Waals surface area contributed by atoms with Crippen molar-refractivity contribution in [3.8, 4) is 0 Å². The van der Waals surface area contributed by atoms with Crippen molar-refractivity contribution in [3.63, 3.8) is 0 Å². The lowest BCUT2D eigenvalue weighted by Gasteiger charge is -2.11. The smallest absolute Gasteiger partial charge is 0.274 e. The van der Waals surface area contributed by atoms with Crippen molar-refractivity contribution in [2.24, 2.45) is 0 Å². The fraction of sp³-hybridized carbons (Fsp3) is 0.0769. The van der Waals surface area contributed by atoms with Gasteiger partial charge in [0.1, 0.15) is 10.7 Å².